The van der Waals surface area contributed by atoms with Gasteiger partial charge in [0.1, 0.15) is 11.3 Å². The highest BCUT2D eigenvalue weighted by molar-refractivity contribution is 7.98. The lowest BCUT2D eigenvalue weighted by Gasteiger charge is -2.01. The Morgan fingerprint density at radius 3 is 2.89 bits per heavy atom. The Kier molecular flexibility index (Phi) is 3.71. The molecule has 0 aliphatic rings. The van der Waals surface area contributed by atoms with Crippen LogP contribution in [0.3, 0.4) is 0 Å². The molecule has 18 heavy (non-hydrogen) atoms. The van der Waals surface area contributed by atoms with Crippen molar-refractivity contribution in [2.45, 2.75) is 12.1 Å². The molecule has 1 N–H and O–H groups in total. The molecule has 0 unspecified atom stereocenters. The molecule has 0 aromatic carbocycles. The van der Waals surface area contributed by atoms with E-state index in [1.54, 1.807) is 13.0 Å². The van der Waals surface area contributed by atoms with Crippen LogP contribution in [0.2, 0.25) is 0 Å². The maximum atomic E-state index is 11.6. The Bertz CT molecular complexity index is 582. The van der Waals surface area contributed by atoms with Crippen LogP contribution in [0.5, 0.6) is 5.88 Å². The molecular weight excluding hydrogens is 254 g/mol. The van der Waals surface area contributed by atoms with Crippen molar-refractivity contribution < 1.29 is 14.3 Å². The van der Waals surface area contributed by atoms with E-state index in [1.807, 2.05) is 6.26 Å². The molecule has 0 fully saturated rings. The molecule has 0 amide bonds. The van der Waals surface area contributed by atoms with E-state index >= 15 is 0 Å². The van der Waals surface area contributed by atoms with E-state index in [0.29, 0.717) is 34.4 Å². The van der Waals surface area contributed by atoms with Crippen molar-refractivity contribution in [1.29, 1.82) is 0 Å². The summed E-state index contributed by atoms with van der Waals surface area (Å²) < 4.78 is 10.1. The molecule has 0 atom stereocenters. The number of thioether (sulfide) groups is 1. The van der Waals surface area contributed by atoms with Crippen LogP contribution in [0.4, 0.5) is 0 Å². The quantitative estimate of drug-likeness (QED) is 0.517. The van der Waals surface area contributed by atoms with Crippen LogP contribution in [-0.4, -0.2) is 40.9 Å². The second-order valence-corrected chi connectivity index (χ2v) is 4.16. The lowest BCUT2D eigenvalue weighted by molar-refractivity contribution is 0.0520. The SMILES string of the molecule is CCOC(=O)c1cc2c(OC)nc(SC)nc2[nH]1. The van der Waals surface area contributed by atoms with Gasteiger partial charge in [0.05, 0.1) is 19.1 Å². The predicted molar refractivity (Wildman–Crippen MR) is 68.2 cm³/mol. The molecule has 2 aromatic heterocycles. The molecule has 96 valence electrons. The number of carbonyl (C=O) groups excluding carboxylic acids is 1. The van der Waals surface area contributed by atoms with Gasteiger partial charge in [0.2, 0.25) is 5.88 Å². The van der Waals surface area contributed by atoms with Crippen molar-refractivity contribution >= 4 is 28.8 Å². The second kappa shape index (κ2) is 5.26. The summed E-state index contributed by atoms with van der Waals surface area (Å²) in [5.74, 6) is 0.0272. The summed E-state index contributed by atoms with van der Waals surface area (Å²) in [4.78, 5) is 23.0. The molecule has 0 radical (unpaired) electrons. The normalized spacial score (nSPS) is 10.6. The summed E-state index contributed by atoms with van der Waals surface area (Å²) in [6.07, 6.45) is 1.87. The summed E-state index contributed by atoms with van der Waals surface area (Å²) in [6.45, 7) is 2.08. The molecular formula is C11H13N3O3S. The maximum Gasteiger partial charge on any atom is 0.354 e. The highest BCUT2D eigenvalue weighted by atomic mass is 32.2. The minimum absolute atomic E-state index is 0.326. The molecule has 0 bridgehead atoms. The molecule has 2 heterocycles. The van der Waals surface area contributed by atoms with Crippen molar-refractivity contribution in [3.63, 3.8) is 0 Å². The molecule has 2 rings (SSSR count). The standard InChI is InChI=1S/C11H13N3O3S/c1-4-17-10(15)7-5-6-8(12-7)13-11(18-3)14-9(6)16-2/h5H,4H2,1-3H3,(H,12,13,14). The number of ether oxygens (including phenoxy) is 2. The van der Waals surface area contributed by atoms with Crippen LogP contribution < -0.4 is 4.74 Å². The van der Waals surface area contributed by atoms with Crippen LogP contribution in [0, 0.1) is 0 Å². The van der Waals surface area contributed by atoms with Gasteiger partial charge in [0, 0.05) is 0 Å². The monoisotopic (exact) mass is 267 g/mol. The molecule has 0 spiro atoms. The number of methoxy groups -OCH3 is 1. The van der Waals surface area contributed by atoms with E-state index in [2.05, 4.69) is 15.0 Å². The van der Waals surface area contributed by atoms with Crippen LogP contribution in [0.15, 0.2) is 11.2 Å². The Morgan fingerprint density at radius 1 is 1.50 bits per heavy atom. The predicted octanol–water partition coefficient (Wildman–Crippen LogP) is 1.87. The number of H-pyrrole nitrogens is 1. The van der Waals surface area contributed by atoms with Gasteiger partial charge in [-0.25, -0.2) is 9.78 Å². The number of aromatic nitrogens is 3. The van der Waals surface area contributed by atoms with Gasteiger partial charge in [-0.1, -0.05) is 11.8 Å². The number of hydrogen-bond acceptors (Lipinski definition) is 6. The number of hydrogen-bond donors (Lipinski definition) is 1. The fourth-order valence-electron chi connectivity index (χ4n) is 1.53. The largest absolute Gasteiger partial charge is 0.480 e. The first-order valence-electron chi connectivity index (χ1n) is 5.35. The van der Waals surface area contributed by atoms with Gasteiger partial charge < -0.3 is 14.5 Å². The third kappa shape index (κ3) is 2.26. The van der Waals surface area contributed by atoms with Crippen molar-refractivity contribution in [3.8, 4) is 5.88 Å². The second-order valence-electron chi connectivity index (χ2n) is 3.39. The Labute approximate surface area is 108 Å². The highest BCUT2D eigenvalue weighted by Gasteiger charge is 2.15. The summed E-state index contributed by atoms with van der Waals surface area (Å²) in [7, 11) is 1.53. The smallest absolute Gasteiger partial charge is 0.354 e. The molecule has 0 aliphatic heterocycles. The van der Waals surface area contributed by atoms with Gasteiger partial charge in [-0.2, -0.15) is 4.98 Å². The lowest BCUT2D eigenvalue weighted by atomic mass is 10.3. The Balaban J connectivity index is 2.52. The average Bonchev–Trinajstić information content (AvgIpc) is 2.81. The van der Waals surface area contributed by atoms with Crippen molar-refractivity contribution in [1.82, 2.24) is 15.0 Å². The zero-order valence-corrected chi connectivity index (χ0v) is 11.1. The van der Waals surface area contributed by atoms with E-state index in [4.69, 9.17) is 9.47 Å². The van der Waals surface area contributed by atoms with Crippen LogP contribution in [0.1, 0.15) is 17.4 Å². The minimum Gasteiger partial charge on any atom is -0.480 e. The Morgan fingerprint density at radius 2 is 2.28 bits per heavy atom. The average molecular weight is 267 g/mol. The topological polar surface area (TPSA) is 77.1 Å². The summed E-state index contributed by atoms with van der Waals surface area (Å²) >= 11 is 1.40. The van der Waals surface area contributed by atoms with Gasteiger partial charge in [-0.3, -0.25) is 0 Å². The van der Waals surface area contributed by atoms with Crippen molar-refractivity contribution in [2.75, 3.05) is 20.0 Å². The summed E-state index contributed by atoms with van der Waals surface area (Å²) in [5, 5.41) is 1.25. The highest BCUT2D eigenvalue weighted by Crippen LogP contribution is 2.25. The molecule has 0 aliphatic carbocycles. The van der Waals surface area contributed by atoms with Gasteiger partial charge in [0.25, 0.3) is 0 Å². The number of fused-ring (bicyclic) bond motifs is 1. The molecule has 6 nitrogen and oxygen atoms in total. The van der Waals surface area contributed by atoms with Crippen LogP contribution in [-0.2, 0) is 4.74 Å². The first-order chi connectivity index (χ1) is 8.69. The van der Waals surface area contributed by atoms with E-state index < -0.39 is 5.97 Å². The fraction of sp³-hybridized carbons (Fsp3) is 0.364. The van der Waals surface area contributed by atoms with Crippen molar-refractivity contribution in [3.05, 3.63) is 11.8 Å². The van der Waals surface area contributed by atoms with E-state index in [-0.39, 0.29) is 0 Å². The maximum absolute atomic E-state index is 11.6. The lowest BCUT2D eigenvalue weighted by Crippen LogP contribution is -2.04. The molecule has 7 heteroatoms. The third-order valence-electron chi connectivity index (χ3n) is 2.30. The Hall–Kier alpha value is -1.76. The first kappa shape index (κ1) is 12.7. The van der Waals surface area contributed by atoms with Crippen LogP contribution >= 0.6 is 11.8 Å². The number of nitrogens with zero attached hydrogens (tertiary/aromatic N) is 2. The number of esters is 1. The number of carbonyl (C=O) groups is 1. The fourth-order valence-corrected chi connectivity index (χ4v) is 1.89. The first-order valence-corrected chi connectivity index (χ1v) is 6.58. The van der Waals surface area contributed by atoms with Crippen molar-refractivity contribution in [2.24, 2.45) is 0 Å². The third-order valence-corrected chi connectivity index (χ3v) is 2.85. The molecule has 0 saturated carbocycles. The summed E-state index contributed by atoms with van der Waals surface area (Å²) in [5.41, 5.74) is 0.909. The zero-order valence-electron chi connectivity index (χ0n) is 10.3. The van der Waals surface area contributed by atoms with Gasteiger partial charge in [-0.15, -0.1) is 0 Å². The summed E-state index contributed by atoms with van der Waals surface area (Å²) in [6, 6.07) is 1.64. The van der Waals surface area contributed by atoms with E-state index in [9.17, 15) is 4.79 Å². The van der Waals surface area contributed by atoms with Crippen LogP contribution in [0.25, 0.3) is 11.0 Å². The molecule has 2 aromatic rings. The number of rotatable bonds is 4. The van der Waals surface area contributed by atoms with Gasteiger partial charge in [-0.05, 0) is 19.2 Å². The van der Waals surface area contributed by atoms with Gasteiger partial charge in [0.15, 0.2) is 5.16 Å². The minimum atomic E-state index is -0.414. The molecule has 0 saturated heterocycles. The number of nitrogens with one attached hydrogen (secondary N) is 1. The van der Waals surface area contributed by atoms with Gasteiger partial charge >= 0.3 is 5.97 Å². The van der Waals surface area contributed by atoms with E-state index in [0.717, 1.165) is 0 Å². The number of aromatic amines is 1. The zero-order chi connectivity index (χ0) is 13.1. The van der Waals surface area contributed by atoms with E-state index in [1.165, 1.54) is 18.9 Å².